The maximum Gasteiger partial charge on any atom is 0.256 e. The molecule has 1 aromatic heterocycles. The molecule has 0 aliphatic heterocycles. The number of rotatable bonds is 3. The zero-order chi connectivity index (χ0) is 15.1. The lowest BCUT2D eigenvalue weighted by Crippen LogP contribution is -2.10. The standard InChI is InChI=1S/C16H12N2O2S/c17-10-12-4-3-5-14(8-12)18-16(20)13-9-15(21-11-13)6-1-2-7-19/h3-5,8-9,11,19H,2,7H2,(H,18,20). The third-order valence-electron chi connectivity index (χ3n) is 2.56. The van der Waals surface area contributed by atoms with Crippen LogP contribution in [0.3, 0.4) is 0 Å². The molecular formula is C16H12N2O2S. The smallest absolute Gasteiger partial charge is 0.256 e. The van der Waals surface area contributed by atoms with Gasteiger partial charge in [-0.1, -0.05) is 17.9 Å². The van der Waals surface area contributed by atoms with Crippen molar-refractivity contribution < 1.29 is 9.90 Å². The molecule has 104 valence electrons. The second-order valence-corrected chi connectivity index (χ2v) is 5.03. The van der Waals surface area contributed by atoms with Gasteiger partial charge < -0.3 is 10.4 Å². The number of nitrogens with one attached hydrogen (secondary N) is 1. The molecule has 0 saturated carbocycles. The van der Waals surface area contributed by atoms with Crippen molar-refractivity contribution in [2.45, 2.75) is 6.42 Å². The summed E-state index contributed by atoms with van der Waals surface area (Å²) in [7, 11) is 0. The minimum absolute atomic E-state index is 0.0287. The van der Waals surface area contributed by atoms with Crippen LogP contribution in [-0.4, -0.2) is 17.6 Å². The highest BCUT2D eigenvalue weighted by Crippen LogP contribution is 2.16. The van der Waals surface area contributed by atoms with Gasteiger partial charge in [-0.3, -0.25) is 4.79 Å². The minimum Gasteiger partial charge on any atom is -0.395 e. The Kier molecular flexibility index (Phi) is 5.11. The fourth-order valence-corrected chi connectivity index (χ4v) is 2.35. The Morgan fingerprint density at radius 2 is 2.24 bits per heavy atom. The van der Waals surface area contributed by atoms with Gasteiger partial charge in [0.05, 0.1) is 28.7 Å². The van der Waals surface area contributed by atoms with Crippen molar-refractivity contribution in [3.63, 3.8) is 0 Å². The van der Waals surface area contributed by atoms with Crippen molar-refractivity contribution in [1.29, 1.82) is 5.26 Å². The molecule has 0 radical (unpaired) electrons. The predicted octanol–water partition coefficient (Wildman–Crippen LogP) is 2.61. The number of amides is 1. The Labute approximate surface area is 126 Å². The highest BCUT2D eigenvalue weighted by molar-refractivity contribution is 7.10. The SMILES string of the molecule is N#Cc1cccc(NC(=O)c2csc(C#CCCO)c2)c1. The van der Waals surface area contributed by atoms with E-state index in [4.69, 9.17) is 10.4 Å². The fraction of sp³-hybridized carbons (Fsp3) is 0.125. The molecule has 0 saturated heterocycles. The number of nitrogens with zero attached hydrogens (tertiary/aromatic N) is 1. The van der Waals surface area contributed by atoms with E-state index in [-0.39, 0.29) is 12.5 Å². The van der Waals surface area contributed by atoms with Gasteiger partial charge in [0, 0.05) is 17.5 Å². The van der Waals surface area contributed by atoms with Crippen LogP contribution in [0.15, 0.2) is 35.7 Å². The van der Waals surface area contributed by atoms with Gasteiger partial charge >= 0.3 is 0 Å². The van der Waals surface area contributed by atoms with Crippen LogP contribution in [0.5, 0.6) is 0 Å². The molecule has 2 rings (SSSR count). The quantitative estimate of drug-likeness (QED) is 0.855. The van der Waals surface area contributed by atoms with Crippen LogP contribution in [0.1, 0.15) is 27.2 Å². The Morgan fingerprint density at radius 3 is 3.00 bits per heavy atom. The summed E-state index contributed by atoms with van der Waals surface area (Å²) in [5.41, 5.74) is 1.60. The average molecular weight is 296 g/mol. The van der Waals surface area contributed by atoms with Gasteiger partial charge in [-0.25, -0.2) is 0 Å². The number of aliphatic hydroxyl groups excluding tert-OH is 1. The largest absolute Gasteiger partial charge is 0.395 e. The Hall–Kier alpha value is -2.60. The lowest BCUT2D eigenvalue weighted by molar-refractivity contribution is 0.102. The molecule has 2 aromatic rings. The highest BCUT2D eigenvalue weighted by atomic mass is 32.1. The lowest BCUT2D eigenvalue weighted by atomic mass is 10.2. The van der Waals surface area contributed by atoms with Crippen LogP contribution >= 0.6 is 11.3 Å². The number of aliphatic hydroxyl groups is 1. The number of carbonyl (C=O) groups excluding carboxylic acids is 1. The van der Waals surface area contributed by atoms with Crippen LogP contribution < -0.4 is 5.32 Å². The third-order valence-corrected chi connectivity index (χ3v) is 3.41. The summed E-state index contributed by atoms with van der Waals surface area (Å²) < 4.78 is 0. The molecule has 0 fully saturated rings. The first-order valence-electron chi connectivity index (χ1n) is 6.22. The fourth-order valence-electron chi connectivity index (χ4n) is 1.60. The predicted molar refractivity (Wildman–Crippen MR) is 82.0 cm³/mol. The Balaban J connectivity index is 2.07. The van der Waals surface area contributed by atoms with Crippen molar-refractivity contribution in [2.75, 3.05) is 11.9 Å². The number of thiophene rings is 1. The van der Waals surface area contributed by atoms with Crippen LogP contribution in [0.2, 0.25) is 0 Å². The number of benzene rings is 1. The van der Waals surface area contributed by atoms with E-state index in [9.17, 15) is 4.79 Å². The van der Waals surface area contributed by atoms with Crippen molar-refractivity contribution in [3.8, 4) is 17.9 Å². The van der Waals surface area contributed by atoms with Crippen LogP contribution in [0, 0.1) is 23.2 Å². The highest BCUT2D eigenvalue weighted by Gasteiger charge is 2.08. The molecule has 0 aliphatic rings. The molecular weight excluding hydrogens is 284 g/mol. The van der Waals surface area contributed by atoms with E-state index in [0.29, 0.717) is 23.2 Å². The summed E-state index contributed by atoms with van der Waals surface area (Å²) in [6.07, 6.45) is 0.417. The first kappa shape index (κ1) is 14.8. The second-order valence-electron chi connectivity index (χ2n) is 4.12. The summed E-state index contributed by atoms with van der Waals surface area (Å²) in [5, 5.41) is 22.0. The van der Waals surface area contributed by atoms with E-state index < -0.39 is 0 Å². The third kappa shape index (κ3) is 4.19. The second kappa shape index (κ2) is 7.25. The molecule has 0 unspecified atom stereocenters. The monoisotopic (exact) mass is 296 g/mol. The van der Waals surface area contributed by atoms with Gasteiger partial charge in [0.1, 0.15) is 0 Å². The average Bonchev–Trinajstić information content (AvgIpc) is 2.97. The summed E-state index contributed by atoms with van der Waals surface area (Å²) in [6, 6.07) is 10.5. The van der Waals surface area contributed by atoms with E-state index in [2.05, 4.69) is 17.2 Å². The molecule has 0 atom stereocenters. The maximum absolute atomic E-state index is 12.1. The molecule has 1 amide bonds. The topological polar surface area (TPSA) is 73.1 Å². The minimum atomic E-state index is -0.239. The maximum atomic E-state index is 12.1. The molecule has 0 spiro atoms. The van der Waals surface area contributed by atoms with Crippen LogP contribution in [0.25, 0.3) is 0 Å². The summed E-state index contributed by atoms with van der Waals surface area (Å²) in [4.78, 5) is 12.9. The first-order valence-corrected chi connectivity index (χ1v) is 7.10. The van der Waals surface area contributed by atoms with Crippen molar-refractivity contribution in [1.82, 2.24) is 0 Å². The molecule has 21 heavy (non-hydrogen) atoms. The van der Waals surface area contributed by atoms with Gasteiger partial charge in [0.2, 0.25) is 0 Å². The molecule has 0 aliphatic carbocycles. The van der Waals surface area contributed by atoms with Crippen molar-refractivity contribution in [2.24, 2.45) is 0 Å². The molecule has 2 N–H and O–H groups in total. The zero-order valence-electron chi connectivity index (χ0n) is 11.1. The Morgan fingerprint density at radius 1 is 1.38 bits per heavy atom. The molecule has 1 heterocycles. The van der Waals surface area contributed by atoms with Crippen LogP contribution in [-0.2, 0) is 0 Å². The molecule has 5 heteroatoms. The Bertz CT molecular complexity index is 747. The number of anilines is 1. The summed E-state index contributed by atoms with van der Waals surface area (Å²) >= 11 is 1.38. The molecule has 1 aromatic carbocycles. The normalized spacial score (nSPS) is 9.33. The van der Waals surface area contributed by atoms with E-state index in [1.165, 1.54) is 11.3 Å². The first-order chi connectivity index (χ1) is 10.2. The van der Waals surface area contributed by atoms with Gasteiger partial charge in [-0.15, -0.1) is 11.3 Å². The van der Waals surface area contributed by atoms with Crippen molar-refractivity contribution >= 4 is 22.9 Å². The van der Waals surface area contributed by atoms with Gasteiger partial charge in [-0.2, -0.15) is 5.26 Å². The zero-order valence-corrected chi connectivity index (χ0v) is 11.9. The van der Waals surface area contributed by atoms with E-state index in [1.54, 1.807) is 35.7 Å². The van der Waals surface area contributed by atoms with Crippen LogP contribution in [0.4, 0.5) is 5.69 Å². The van der Waals surface area contributed by atoms with Gasteiger partial charge in [0.25, 0.3) is 5.91 Å². The van der Waals surface area contributed by atoms with E-state index in [0.717, 1.165) is 4.88 Å². The lowest BCUT2D eigenvalue weighted by Gasteiger charge is -2.03. The number of hydrogen-bond acceptors (Lipinski definition) is 4. The molecule has 0 bridgehead atoms. The number of hydrogen-bond donors (Lipinski definition) is 2. The van der Waals surface area contributed by atoms with E-state index >= 15 is 0 Å². The van der Waals surface area contributed by atoms with Gasteiger partial charge in [0.15, 0.2) is 0 Å². The van der Waals surface area contributed by atoms with Crippen molar-refractivity contribution in [3.05, 3.63) is 51.7 Å². The molecule has 4 nitrogen and oxygen atoms in total. The van der Waals surface area contributed by atoms with Gasteiger partial charge in [-0.05, 0) is 24.3 Å². The summed E-state index contributed by atoms with van der Waals surface area (Å²) in [6.45, 7) is 0.0287. The van der Waals surface area contributed by atoms with E-state index in [1.807, 2.05) is 6.07 Å². The number of carbonyl (C=O) groups is 1. The number of nitriles is 1. The summed E-state index contributed by atoms with van der Waals surface area (Å²) in [5.74, 6) is 5.46.